The van der Waals surface area contributed by atoms with Gasteiger partial charge in [0, 0.05) is 19.8 Å². The van der Waals surface area contributed by atoms with Crippen LogP contribution < -0.4 is 4.72 Å². The molecule has 0 amide bonds. The normalized spacial score (nSPS) is 12.9. The Morgan fingerprint density at radius 2 is 2.00 bits per heavy atom. The Morgan fingerprint density at radius 1 is 1.45 bits per heavy atom. The van der Waals surface area contributed by atoms with E-state index in [1.807, 2.05) is 27.7 Å². The van der Waals surface area contributed by atoms with Crippen molar-refractivity contribution >= 4 is 16.0 Å². The maximum atomic E-state index is 12.2. The second kappa shape index (κ2) is 5.57. The molecular formula is C13H22N2O4S. The van der Waals surface area contributed by atoms with Gasteiger partial charge in [0.2, 0.25) is 10.0 Å². The Morgan fingerprint density at radius 3 is 2.40 bits per heavy atom. The standard InChI is InChI=1S/C13H22N2O4S/c1-9(2)13(3,4)8-14-20(18,19)10-6-11(12(16)17)15(5)7-10/h6-7,9,14H,8H2,1-5H3,(H,16,17). The van der Waals surface area contributed by atoms with E-state index < -0.39 is 16.0 Å². The predicted molar refractivity (Wildman–Crippen MR) is 76.2 cm³/mol. The van der Waals surface area contributed by atoms with Crippen LogP contribution in [0.4, 0.5) is 0 Å². The quantitative estimate of drug-likeness (QED) is 0.837. The fourth-order valence-corrected chi connectivity index (χ4v) is 2.75. The summed E-state index contributed by atoms with van der Waals surface area (Å²) >= 11 is 0. The van der Waals surface area contributed by atoms with Crippen LogP contribution in [0.2, 0.25) is 0 Å². The summed E-state index contributed by atoms with van der Waals surface area (Å²) < 4.78 is 28.2. The monoisotopic (exact) mass is 302 g/mol. The lowest BCUT2D eigenvalue weighted by Gasteiger charge is -2.29. The van der Waals surface area contributed by atoms with E-state index in [1.54, 1.807) is 0 Å². The molecule has 1 heterocycles. The number of hydrogen-bond donors (Lipinski definition) is 2. The molecule has 0 aromatic carbocycles. The molecule has 7 heteroatoms. The van der Waals surface area contributed by atoms with Gasteiger partial charge in [-0.25, -0.2) is 17.9 Å². The minimum absolute atomic E-state index is 0.0306. The Bertz CT molecular complexity index is 600. The molecule has 2 N–H and O–H groups in total. The number of hydrogen-bond acceptors (Lipinski definition) is 3. The summed E-state index contributed by atoms with van der Waals surface area (Å²) in [6, 6.07) is 1.16. The number of carboxylic acid groups (broad SMARTS) is 1. The summed E-state index contributed by atoms with van der Waals surface area (Å²) in [6.45, 7) is 8.31. The number of carboxylic acids is 1. The maximum absolute atomic E-state index is 12.2. The van der Waals surface area contributed by atoms with Crippen LogP contribution in [0.15, 0.2) is 17.2 Å². The molecule has 0 spiro atoms. The number of aromatic nitrogens is 1. The lowest BCUT2D eigenvalue weighted by Crippen LogP contribution is -2.36. The van der Waals surface area contributed by atoms with Crippen molar-refractivity contribution in [3.8, 4) is 0 Å². The molecule has 0 radical (unpaired) electrons. The highest BCUT2D eigenvalue weighted by Gasteiger charge is 2.26. The zero-order valence-corrected chi connectivity index (χ0v) is 13.3. The maximum Gasteiger partial charge on any atom is 0.352 e. The van der Waals surface area contributed by atoms with E-state index in [0.29, 0.717) is 12.5 Å². The second-order valence-electron chi connectivity index (χ2n) is 5.94. The summed E-state index contributed by atoms with van der Waals surface area (Å²) in [5.74, 6) is -0.841. The van der Waals surface area contributed by atoms with Gasteiger partial charge >= 0.3 is 5.97 Å². The predicted octanol–water partition coefficient (Wildman–Crippen LogP) is 1.68. The van der Waals surface area contributed by atoms with Gasteiger partial charge in [0.25, 0.3) is 0 Å². The van der Waals surface area contributed by atoms with Gasteiger partial charge in [0.15, 0.2) is 0 Å². The van der Waals surface area contributed by atoms with Crippen LogP contribution in [0.25, 0.3) is 0 Å². The average Bonchev–Trinajstić information content (AvgIpc) is 2.70. The van der Waals surface area contributed by atoms with Gasteiger partial charge in [0.05, 0.1) is 0 Å². The largest absolute Gasteiger partial charge is 0.477 e. The molecule has 0 aliphatic rings. The number of rotatable bonds is 6. The van der Waals surface area contributed by atoms with Crippen LogP contribution in [0, 0.1) is 11.3 Å². The van der Waals surface area contributed by atoms with E-state index in [2.05, 4.69) is 4.72 Å². The molecule has 0 atom stereocenters. The van der Waals surface area contributed by atoms with Crippen LogP contribution in [-0.4, -0.2) is 30.6 Å². The van der Waals surface area contributed by atoms with Crippen LogP contribution in [-0.2, 0) is 17.1 Å². The first-order chi connectivity index (χ1) is 8.97. The minimum Gasteiger partial charge on any atom is -0.477 e. The molecule has 114 valence electrons. The molecule has 1 rings (SSSR count). The van der Waals surface area contributed by atoms with E-state index in [9.17, 15) is 13.2 Å². The van der Waals surface area contributed by atoms with Gasteiger partial charge in [-0.2, -0.15) is 0 Å². The van der Waals surface area contributed by atoms with Gasteiger partial charge in [-0.15, -0.1) is 0 Å². The Kier molecular flexibility index (Phi) is 4.66. The lowest BCUT2D eigenvalue weighted by molar-refractivity contribution is 0.0686. The van der Waals surface area contributed by atoms with Crippen LogP contribution in [0.3, 0.4) is 0 Å². The van der Waals surface area contributed by atoms with Gasteiger partial charge in [-0.05, 0) is 17.4 Å². The lowest BCUT2D eigenvalue weighted by atomic mass is 9.81. The molecule has 0 aliphatic carbocycles. The molecular weight excluding hydrogens is 280 g/mol. The summed E-state index contributed by atoms with van der Waals surface area (Å²) in [5.41, 5.74) is -0.245. The molecule has 0 fully saturated rings. The number of nitrogens with one attached hydrogen (secondary N) is 1. The van der Waals surface area contributed by atoms with E-state index >= 15 is 0 Å². The number of aromatic carboxylic acids is 1. The molecule has 0 saturated heterocycles. The molecule has 1 aromatic heterocycles. The highest BCUT2D eigenvalue weighted by atomic mass is 32.2. The van der Waals surface area contributed by atoms with Gasteiger partial charge in [0.1, 0.15) is 10.6 Å². The van der Waals surface area contributed by atoms with Crippen LogP contribution in [0.5, 0.6) is 0 Å². The van der Waals surface area contributed by atoms with Crippen molar-refractivity contribution in [2.24, 2.45) is 18.4 Å². The third-order valence-corrected chi connectivity index (χ3v) is 5.16. The highest BCUT2D eigenvalue weighted by molar-refractivity contribution is 7.89. The first-order valence-electron chi connectivity index (χ1n) is 6.36. The van der Waals surface area contributed by atoms with Crippen LogP contribution in [0.1, 0.15) is 38.2 Å². The van der Waals surface area contributed by atoms with Crippen molar-refractivity contribution in [3.63, 3.8) is 0 Å². The zero-order valence-electron chi connectivity index (χ0n) is 12.5. The fraction of sp³-hybridized carbons (Fsp3) is 0.615. The van der Waals surface area contributed by atoms with Gasteiger partial charge in [-0.1, -0.05) is 27.7 Å². The number of carbonyl (C=O) groups is 1. The number of aryl methyl sites for hydroxylation is 1. The molecule has 6 nitrogen and oxygen atoms in total. The summed E-state index contributed by atoms with van der Waals surface area (Å²) in [4.78, 5) is 10.9. The molecule has 0 unspecified atom stereocenters. The van der Waals surface area contributed by atoms with Crippen molar-refractivity contribution in [1.29, 1.82) is 0 Å². The zero-order chi connectivity index (χ0) is 15.7. The fourth-order valence-electron chi connectivity index (χ4n) is 1.46. The van der Waals surface area contributed by atoms with E-state index in [0.717, 1.165) is 6.07 Å². The Hall–Kier alpha value is -1.34. The molecule has 0 bridgehead atoms. The summed E-state index contributed by atoms with van der Waals surface area (Å²) in [6.07, 6.45) is 1.30. The summed E-state index contributed by atoms with van der Waals surface area (Å²) in [5, 5.41) is 8.94. The van der Waals surface area contributed by atoms with Gasteiger partial charge < -0.3 is 9.67 Å². The summed E-state index contributed by atoms with van der Waals surface area (Å²) in [7, 11) is -2.20. The Labute approximate surface area is 119 Å². The topological polar surface area (TPSA) is 88.4 Å². The highest BCUT2D eigenvalue weighted by Crippen LogP contribution is 2.25. The first-order valence-corrected chi connectivity index (χ1v) is 7.85. The van der Waals surface area contributed by atoms with E-state index in [-0.39, 0.29) is 16.0 Å². The third-order valence-electron chi connectivity index (χ3n) is 3.79. The average molecular weight is 302 g/mol. The van der Waals surface area contributed by atoms with Gasteiger partial charge in [-0.3, -0.25) is 0 Å². The van der Waals surface area contributed by atoms with Crippen molar-refractivity contribution in [1.82, 2.24) is 9.29 Å². The minimum atomic E-state index is -3.70. The number of sulfonamides is 1. The van der Waals surface area contributed by atoms with Crippen molar-refractivity contribution in [3.05, 3.63) is 18.0 Å². The smallest absolute Gasteiger partial charge is 0.352 e. The van der Waals surface area contributed by atoms with Crippen molar-refractivity contribution in [2.75, 3.05) is 6.54 Å². The molecule has 20 heavy (non-hydrogen) atoms. The third kappa shape index (κ3) is 3.61. The SMILES string of the molecule is CC(C)C(C)(C)CNS(=O)(=O)c1cc(C(=O)O)n(C)c1. The molecule has 0 saturated carbocycles. The Balaban J connectivity index is 2.96. The van der Waals surface area contributed by atoms with E-state index in [1.165, 1.54) is 17.8 Å². The van der Waals surface area contributed by atoms with Crippen molar-refractivity contribution < 1.29 is 18.3 Å². The number of nitrogens with zero attached hydrogens (tertiary/aromatic N) is 1. The van der Waals surface area contributed by atoms with Crippen LogP contribution >= 0.6 is 0 Å². The molecule has 1 aromatic rings. The first kappa shape index (κ1) is 16.7. The molecule has 0 aliphatic heterocycles. The second-order valence-corrected chi connectivity index (χ2v) is 7.71. The van der Waals surface area contributed by atoms with Crippen molar-refractivity contribution in [2.45, 2.75) is 32.6 Å². The van der Waals surface area contributed by atoms with E-state index in [4.69, 9.17) is 5.11 Å².